The van der Waals surface area contributed by atoms with E-state index in [0.717, 1.165) is 16.7 Å². The molecule has 0 aliphatic carbocycles. The molecule has 136 valence electrons. The van der Waals surface area contributed by atoms with Crippen LogP contribution in [0.4, 0.5) is 0 Å². The fourth-order valence-corrected chi connectivity index (χ4v) is 3.53. The second-order valence-corrected chi connectivity index (χ2v) is 6.85. The minimum atomic E-state index is -1.54. The van der Waals surface area contributed by atoms with Crippen LogP contribution in [0.2, 0.25) is 0 Å². The molecule has 2 rings (SSSR count). The minimum Gasteiger partial charge on any atom is -0.490 e. The van der Waals surface area contributed by atoms with Crippen molar-refractivity contribution >= 4 is 52.2 Å². The highest BCUT2D eigenvalue weighted by Crippen LogP contribution is 2.34. The second kappa shape index (κ2) is 8.63. The first kappa shape index (κ1) is 19.7. The molecule has 7 nitrogen and oxygen atoms in total. The van der Waals surface area contributed by atoms with Crippen molar-refractivity contribution in [3.63, 3.8) is 0 Å². The average molecular weight is 393 g/mol. The number of ether oxygens (including phenoxy) is 1. The Kier molecular flexibility index (Phi) is 6.53. The molecule has 1 aliphatic heterocycles. The topological polar surface area (TPSA) is 104 Å². The lowest BCUT2D eigenvalue weighted by Crippen LogP contribution is -2.45. The van der Waals surface area contributed by atoms with Crippen LogP contribution in [0.15, 0.2) is 41.8 Å². The third-order valence-corrected chi connectivity index (χ3v) is 4.66. The van der Waals surface area contributed by atoms with Gasteiger partial charge in [0, 0.05) is 0 Å². The predicted octanol–water partition coefficient (Wildman–Crippen LogP) is 2.38. The summed E-state index contributed by atoms with van der Waals surface area (Å²) in [6, 6.07) is 5.37. The van der Waals surface area contributed by atoms with Crippen LogP contribution in [0.5, 0.6) is 5.75 Å². The van der Waals surface area contributed by atoms with Crippen LogP contribution >= 0.6 is 24.0 Å². The van der Waals surface area contributed by atoms with Gasteiger partial charge in [-0.05, 0) is 23.8 Å². The summed E-state index contributed by atoms with van der Waals surface area (Å²) >= 11 is 6.01. The smallest absolute Gasteiger partial charge is 0.327 e. The number of benzene rings is 1. The molecule has 1 aromatic rings. The molecule has 0 unspecified atom stereocenters. The van der Waals surface area contributed by atoms with Gasteiger partial charge in [0.15, 0.2) is 0 Å². The Bertz CT molecular complexity index is 787. The van der Waals surface area contributed by atoms with Gasteiger partial charge >= 0.3 is 11.9 Å². The van der Waals surface area contributed by atoms with E-state index in [1.54, 1.807) is 36.4 Å². The number of carboxylic acid groups (broad SMARTS) is 2. The third kappa shape index (κ3) is 4.70. The Morgan fingerprint density at radius 2 is 1.96 bits per heavy atom. The van der Waals surface area contributed by atoms with Crippen LogP contribution in [-0.2, 0) is 14.4 Å². The average Bonchev–Trinajstić information content (AvgIpc) is 2.85. The molecule has 26 heavy (non-hydrogen) atoms. The van der Waals surface area contributed by atoms with E-state index in [4.69, 9.17) is 22.1 Å². The van der Waals surface area contributed by atoms with Gasteiger partial charge in [-0.15, -0.1) is 0 Å². The van der Waals surface area contributed by atoms with Crippen molar-refractivity contribution in [1.29, 1.82) is 0 Å². The molecule has 2 N–H and O–H groups in total. The number of thioether (sulfide) groups is 1. The van der Waals surface area contributed by atoms with Gasteiger partial charge in [0.1, 0.15) is 22.7 Å². The lowest BCUT2D eigenvalue weighted by molar-refractivity contribution is -0.150. The normalized spacial score (nSPS) is 16.6. The van der Waals surface area contributed by atoms with Gasteiger partial charge in [-0.1, -0.05) is 48.8 Å². The monoisotopic (exact) mass is 393 g/mol. The molecule has 0 aromatic heterocycles. The number of aliphatic carboxylic acids is 2. The van der Waals surface area contributed by atoms with Gasteiger partial charge in [0.25, 0.3) is 5.91 Å². The highest BCUT2D eigenvalue weighted by Gasteiger charge is 2.41. The number of hydrogen-bond donors (Lipinski definition) is 2. The highest BCUT2D eigenvalue weighted by molar-refractivity contribution is 8.26. The molecule has 1 aliphatic rings. The van der Waals surface area contributed by atoms with E-state index in [1.807, 2.05) is 0 Å². The molecule has 0 spiro atoms. The van der Waals surface area contributed by atoms with Crippen molar-refractivity contribution < 1.29 is 29.3 Å². The van der Waals surface area contributed by atoms with E-state index >= 15 is 0 Å². The highest BCUT2D eigenvalue weighted by atomic mass is 32.2. The summed E-state index contributed by atoms with van der Waals surface area (Å²) in [4.78, 5) is 35.8. The molecule has 0 radical (unpaired) electrons. The van der Waals surface area contributed by atoms with Crippen LogP contribution in [0.1, 0.15) is 12.0 Å². The largest absolute Gasteiger partial charge is 0.490 e. The molecule has 1 amide bonds. The molecule has 1 aromatic carbocycles. The molecular formula is C17H15NO6S2. The van der Waals surface area contributed by atoms with Crippen LogP contribution in [-0.4, -0.2) is 49.9 Å². The SMILES string of the molecule is C=CCOc1ccc(/C=C2\SC(=S)N([C@H](CC(=O)O)C(=O)O)C2=O)cc1. The maximum Gasteiger partial charge on any atom is 0.327 e. The Labute approximate surface area is 158 Å². The van der Waals surface area contributed by atoms with Crippen LogP contribution < -0.4 is 4.74 Å². The number of nitrogens with zero attached hydrogens (tertiary/aromatic N) is 1. The Morgan fingerprint density at radius 3 is 2.50 bits per heavy atom. The van der Waals surface area contributed by atoms with E-state index < -0.39 is 30.3 Å². The number of carbonyl (C=O) groups is 3. The number of amides is 1. The first-order valence-corrected chi connectivity index (χ1v) is 8.61. The van der Waals surface area contributed by atoms with Crippen molar-refractivity contribution in [3.8, 4) is 5.75 Å². The molecule has 1 atom stereocenters. The lowest BCUT2D eigenvalue weighted by atomic mass is 10.1. The van der Waals surface area contributed by atoms with Crippen molar-refractivity contribution in [3.05, 3.63) is 47.4 Å². The first-order chi connectivity index (χ1) is 12.3. The summed E-state index contributed by atoms with van der Waals surface area (Å²) in [5, 5.41) is 18.1. The van der Waals surface area contributed by atoms with Crippen LogP contribution in [0, 0.1) is 0 Å². The van der Waals surface area contributed by atoms with E-state index in [2.05, 4.69) is 6.58 Å². The number of thiocarbonyl (C=S) groups is 1. The molecular weight excluding hydrogens is 378 g/mol. The van der Waals surface area contributed by atoms with Gasteiger partial charge in [-0.2, -0.15) is 0 Å². The lowest BCUT2D eigenvalue weighted by Gasteiger charge is -2.21. The standard InChI is InChI=1S/C17H15NO6S2/c1-2-7-24-11-5-3-10(4-6-11)8-13-15(21)18(17(25)26-13)12(16(22)23)9-14(19)20/h2-6,8,12H,1,7,9H2,(H,19,20)(H,22,23)/b13-8-/t12-/m1/s1. The first-order valence-electron chi connectivity index (χ1n) is 7.39. The van der Waals surface area contributed by atoms with Gasteiger partial charge in [-0.3, -0.25) is 14.5 Å². The van der Waals surface area contributed by atoms with Crippen LogP contribution in [0.3, 0.4) is 0 Å². The number of rotatable bonds is 8. The molecule has 1 saturated heterocycles. The van der Waals surface area contributed by atoms with Crippen molar-refractivity contribution in [2.75, 3.05) is 6.61 Å². The van der Waals surface area contributed by atoms with E-state index in [1.165, 1.54) is 0 Å². The molecule has 9 heteroatoms. The minimum absolute atomic E-state index is 0.0147. The zero-order valence-corrected chi connectivity index (χ0v) is 15.1. The van der Waals surface area contributed by atoms with Gasteiger partial charge in [-0.25, -0.2) is 4.79 Å². The van der Waals surface area contributed by atoms with Crippen molar-refractivity contribution in [2.45, 2.75) is 12.5 Å². The zero-order valence-electron chi connectivity index (χ0n) is 13.5. The van der Waals surface area contributed by atoms with E-state index in [9.17, 15) is 19.5 Å². The maximum absolute atomic E-state index is 12.5. The summed E-state index contributed by atoms with van der Waals surface area (Å²) in [5.74, 6) is -2.73. The number of carbonyl (C=O) groups excluding carboxylic acids is 1. The third-order valence-electron chi connectivity index (χ3n) is 3.33. The van der Waals surface area contributed by atoms with E-state index in [-0.39, 0.29) is 9.23 Å². The van der Waals surface area contributed by atoms with Gasteiger partial charge in [0.05, 0.1) is 11.3 Å². The summed E-state index contributed by atoms with van der Waals surface area (Å²) in [6.45, 7) is 3.93. The maximum atomic E-state index is 12.5. The Balaban J connectivity index is 2.21. The fraction of sp³-hybridized carbons (Fsp3) is 0.176. The summed E-state index contributed by atoms with van der Waals surface area (Å²) < 4.78 is 5.38. The van der Waals surface area contributed by atoms with Crippen LogP contribution in [0.25, 0.3) is 6.08 Å². The summed E-state index contributed by atoms with van der Waals surface area (Å²) in [5.41, 5.74) is 0.696. The zero-order chi connectivity index (χ0) is 19.3. The summed E-state index contributed by atoms with van der Waals surface area (Å²) in [7, 11) is 0. The molecule has 1 fully saturated rings. The van der Waals surface area contributed by atoms with E-state index in [0.29, 0.717) is 17.9 Å². The number of hydrogen-bond acceptors (Lipinski definition) is 6. The second-order valence-electron chi connectivity index (χ2n) is 5.17. The van der Waals surface area contributed by atoms with Gasteiger partial charge < -0.3 is 14.9 Å². The van der Waals surface area contributed by atoms with Gasteiger partial charge in [0.2, 0.25) is 0 Å². The van der Waals surface area contributed by atoms with Crippen molar-refractivity contribution in [2.24, 2.45) is 0 Å². The predicted molar refractivity (Wildman–Crippen MR) is 101 cm³/mol. The Hall–Kier alpha value is -2.65. The molecule has 0 saturated carbocycles. The summed E-state index contributed by atoms with van der Waals surface area (Å²) in [6.07, 6.45) is 2.45. The quantitative estimate of drug-likeness (QED) is 0.394. The number of carboxylic acids is 2. The molecule has 1 heterocycles. The van der Waals surface area contributed by atoms with Crippen molar-refractivity contribution in [1.82, 2.24) is 4.90 Å². The fourth-order valence-electron chi connectivity index (χ4n) is 2.17. The Morgan fingerprint density at radius 1 is 1.31 bits per heavy atom. The molecule has 0 bridgehead atoms.